The van der Waals surface area contributed by atoms with Gasteiger partial charge in [-0.2, -0.15) is 0 Å². The SMILES string of the molecule is CCCCCCCC/C=C\CCCCCCCCCC(=O)OCCCCC/C=C\CCCCCCCC(=O)NC(CO)C(O)/C=C/CCCCCCCCCCCCCCCCCCC. The maximum absolute atomic E-state index is 12.5. The first kappa shape index (κ1) is 63.1. The van der Waals surface area contributed by atoms with Gasteiger partial charge in [0.05, 0.1) is 25.4 Å². The monoisotopic (exact) mass is 914 g/mol. The third-order valence-electron chi connectivity index (χ3n) is 13.1. The molecule has 0 aromatic heterocycles. The van der Waals surface area contributed by atoms with E-state index in [4.69, 9.17) is 4.74 Å². The number of esters is 1. The van der Waals surface area contributed by atoms with Gasteiger partial charge in [0.2, 0.25) is 5.91 Å². The fraction of sp³-hybridized carbons (Fsp3) is 0.864. The van der Waals surface area contributed by atoms with Crippen LogP contribution in [0.4, 0.5) is 0 Å². The van der Waals surface area contributed by atoms with Crippen molar-refractivity contribution in [2.75, 3.05) is 13.2 Å². The largest absolute Gasteiger partial charge is 0.466 e. The number of rotatable bonds is 53. The van der Waals surface area contributed by atoms with E-state index in [0.29, 0.717) is 19.4 Å². The molecule has 6 heteroatoms. The van der Waals surface area contributed by atoms with Gasteiger partial charge in [-0.3, -0.25) is 9.59 Å². The van der Waals surface area contributed by atoms with Gasteiger partial charge in [0.1, 0.15) is 0 Å². The summed E-state index contributed by atoms with van der Waals surface area (Å²) < 4.78 is 5.46. The van der Waals surface area contributed by atoms with Crippen LogP contribution in [0.15, 0.2) is 36.5 Å². The summed E-state index contributed by atoms with van der Waals surface area (Å²) in [5, 5.41) is 23.1. The lowest BCUT2D eigenvalue weighted by atomic mass is 10.0. The molecule has 0 spiro atoms. The normalized spacial score (nSPS) is 12.9. The summed E-state index contributed by atoms with van der Waals surface area (Å²) in [6.45, 7) is 4.85. The van der Waals surface area contributed by atoms with Crippen molar-refractivity contribution in [3.05, 3.63) is 36.5 Å². The Hall–Kier alpha value is -1.92. The summed E-state index contributed by atoms with van der Waals surface area (Å²) in [5.41, 5.74) is 0. The van der Waals surface area contributed by atoms with Gasteiger partial charge in [-0.05, 0) is 89.9 Å². The van der Waals surface area contributed by atoms with Gasteiger partial charge in [0.15, 0.2) is 0 Å². The van der Waals surface area contributed by atoms with E-state index in [1.807, 2.05) is 6.08 Å². The molecular formula is C59H111NO5. The predicted octanol–water partition coefficient (Wildman–Crippen LogP) is 17.6. The van der Waals surface area contributed by atoms with Crippen molar-refractivity contribution in [2.45, 2.75) is 315 Å². The van der Waals surface area contributed by atoms with Crippen LogP contribution in [-0.2, 0) is 14.3 Å². The van der Waals surface area contributed by atoms with Gasteiger partial charge >= 0.3 is 5.97 Å². The van der Waals surface area contributed by atoms with Gasteiger partial charge in [0, 0.05) is 12.8 Å². The highest BCUT2D eigenvalue weighted by Crippen LogP contribution is 2.16. The molecule has 0 fully saturated rings. The zero-order valence-electron chi connectivity index (χ0n) is 43.5. The van der Waals surface area contributed by atoms with Crippen molar-refractivity contribution in [1.29, 1.82) is 0 Å². The van der Waals surface area contributed by atoms with Crippen LogP contribution in [-0.4, -0.2) is 47.4 Å². The number of ether oxygens (including phenoxy) is 1. The summed E-state index contributed by atoms with van der Waals surface area (Å²) in [5.74, 6) is -0.120. The van der Waals surface area contributed by atoms with Crippen LogP contribution in [0.1, 0.15) is 303 Å². The Balaban J connectivity index is 3.53. The first-order valence-electron chi connectivity index (χ1n) is 28.8. The predicted molar refractivity (Wildman–Crippen MR) is 283 cm³/mol. The molecule has 3 N–H and O–H groups in total. The van der Waals surface area contributed by atoms with Crippen molar-refractivity contribution in [3.8, 4) is 0 Å². The molecule has 6 nitrogen and oxygen atoms in total. The van der Waals surface area contributed by atoms with E-state index in [2.05, 4.69) is 43.5 Å². The second-order valence-corrected chi connectivity index (χ2v) is 19.6. The van der Waals surface area contributed by atoms with Crippen molar-refractivity contribution in [2.24, 2.45) is 0 Å². The topological polar surface area (TPSA) is 95.9 Å². The zero-order chi connectivity index (χ0) is 47.2. The number of allylic oxidation sites excluding steroid dienone is 5. The Labute approximate surface area is 404 Å². The molecule has 382 valence electrons. The summed E-state index contributed by atoms with van der Waals surface area (Å²) in [6.07, 6.45) is 67.3. The summed E-state index contributed by atoms with van der Waals surface area (Å²) >= 11 is 0. The Morgan fingerprint density at radius 2 is 0.723 bits per heavy atom. The Morgan fingerprint density at radius 1 is 0.415 bits per heavy atom. The third kappa shape index (κ3) is 51.3. The number of carbonyl (C=O) groups is 2. The maximum atomic E-state index is 12.5. The maximum Gasteiger partial charge on any atom is 0.305 e. The van der Waals surface area contributed by atoms with Crippen LogP contribution in [0.25, 0.3) is 0 Å². The number of nitrogens with one attached hydrogen (secondary N) is 1. The molecular weight excluding hydrogens is 803 g/mol. The molecule has 0 saturated carbocycles. The highest BCUT2D eigenvalue weighted by molar-refractivity contribution is 5.76. The molecule has 1 amide bonds. The van der Waals surface area contributed by atoms with E-state index in [9.17, 15) is 19.8 Å². The molecule has 2 unspecified atom stereocenters. The standard InChI is InChI=1S/C59H111NO5/c1-3-5-7-9-11-13-15-17-19-21-22-24-25-27-31-35-39-43-47-51-57(62)56(55-61)60-58(63)52-48-44-40-36-32-29-30-34-38-42-46-50-54-65-59(64)53-49-45-41-37-33-28-26-23-20-18-16-14-12-10-8-6-4-2/h18,20,30,34,47,51,56-57,61-62H,3-17,19,21-29,31-33,35-46,48-50,52-55H2,1-2H3,(H,60,63)/b20-18-,34-30-,51-47+. The fourth-order valence-electron chi connectivity index (χ4n) is 8.68. The third-order valence-corrected chi connectivity index (χ3v) is 13.1. The molecule has 0 bridgehead atoms. The minimum Gasteiger partial charge on any atom is -0.466 e. The van der Waals surface area contributed by atoms with E-state index in [1.165, 1.54) is 193 Å². The first-order chi connectivity index (χ1) is 32.0. The minimum atomic E-state index is -0.862. The summed E-state index contributed by atoms with van der Waals surface area (Å²) in [7, 11) is 0. The second kappa shape index (κ2) is 54.7. The van der Waals surface area contributed by atoms with E-state index in [0.717, 1.165) is 83.5 Å². The van der Waals surface area contributed by atoms with Crippen LogP contribution in [0.3, 0.4) is 0 Å². The van der Waals surface area contributed by atoms with E-state index in [-0.39, 0.29) is 18.5 Å². The number of aliphatic hydroxyl groups is 2. The van der Waals surface area contributed by atoms with Crippen molar-refractivity contribution >= 4 is 11.9 Å². The van der Waals surface area contributed by atoms with E-state index >= 15 is 0 Å². The van der Waals surface area contributed by atoms with Crippen LogP contribution in [0.2, 0.25) is 0 Å². The van der Waals surface area contributed by atoms with Crippen LogP contribution in [0, 0.1) is 0 Å². The average molecular weight is 915 g/mol. The van der Waals surface area contributed by atoms with Gasteiger partial charge in [-0.15, -0.1) is 0 Å². The molecule has 0 aromatic carbocycles. The quantitative estimate of drug-likeness (QED) is 0.0321. The Bertz CT molecular complexity index is 1060. The van der Waals surface area contributed by atoms with E-state index < -0.39 is 12.1 Å². The van der Waals surface area contributed by atoms with Gasteiger partial charge in [-0.1, -0.05) is 237 Å². The molecule has 0 aliphatic heterocycles. The molecule has 65 heavy (non-hydrogen) atoms. The highest BCUT2D eigenvalue weighted by Gasteiger charge is 2.18. The van der Waals surface area contributed by atoms with Crippen molar-refractivity contribution in [3.63, 3.8) is 0 Å². The van der Waals surface area contributed by atoms with Crippen LogP contribution < -0.4 is 5.32 Å². The molecule has 0 aliphatic rings. The summed E-state index contributed by atoms with van der Waals surface area (Å²) in [6, 6.07) is -0.648. The molecule has 0 rings (SSSR count). The lowest BCUT2D eigenvalue weighted by Crippen LogP contribution is -2.45. The molecule has 0 saturated heterocycles. The molecule has 0 radical (unpaired) electrons. The van der Waals surface area contributed by atoms with Gasteiger partial charge < -0.3 is 20.3 Å². The Morgan fingerprint density at radius 3 is 1.09 bits per heavy atom. The number of hydrogen-bond acceptors (Lipinski definition) is 5. The second-order valence-electron chi connectivity index (χ2n) is 19.6. The fourth-order valence-corrected chi connectivity index (χ4v) is 8.68. The van der Waals surface area contributed by atoms with Crippen molar-refractivity contribution < 1.29 is 24.5 Å². The smallest absolute Gasteiger partial charge is 0.305 e. The van der Waals surface area contributed by atoms with Crippen molar-refractivity contribution in [1.82, 2.24) is 5.32 Å². The number of aliphatic hydroxyl groups excluding tert-OH is 2. The Kier molecular flexibility index (Phi) is 53.1. The van der Waals surface area contributed by atoms with Crippen LogP contribution in [0.5, 0.6) is 0 Å². The lowest BCUT2D eigenvalue weighted by molar-refractivity contribution is -0.143. The molecule has 2 atom stereocenters. The zero-order valence-corrected chi connectivity index (χ0v) is 43.5. The first-order valence-corrected chi connectivity index (χ1v) is 28.8. The van der Waals surface area contributed by atoms with E-state index in [1.54, 1.807) is 6.08 Å². The van der Waals surface area contributed by atoms with Gasteiger partial charge in [0.25, 0.3) is 0 Å². The van der Waals surface area contributed by atoms with Crippen LogP contribution >= 0.6 is 0 Å². The molecule has 0 heterocycles. The number of unbranched alkanes of at least 4 members (excludes halogenated alkanes) is 38. The number of carbonyl (C=O) groups excluding carboxylic acids is 2. The molecule has 0 aromatic rings. The average Bonchev–Trinajstić information content (AvgIpc) is 3.31. The highest BCUT2D eigenvalue weighted by atomic mass is 16.5. The number of amides is 1. The minimum absolute atomic E-state index is 0.0276. The lowest BCUT2D eigenvalue weighted by Gasteiger charge is -2.20. The van der Waals surface area contributed by atoms with Gasteiger partial charge in [-0.25, -0.2) is 0 Å². The number of hydrogen-bond donors (Lipinski definition) is 3. The summed E-state index contributed by atoms with van der Waals surface area (Å²) in [4.78, 5) is 24.5. The molecule has 0 aliphatic carbocycles.